The molecule has 0 unspecified atom stereocenters. The summed E-state index contributed by atoms with van der Waals surface area (Å²) in [7, 11) is 0. The van der Waals surface area contributed by atoms with Crippen LogP contribution in [0.1, 0.15) is 27.0 Å². The average Bonchev–Trinajstić information content (AvgIpc) is 2.80. The first-order valence-corrected chi connectivity index (χ1v) is 11.0. The number of anilines is 1. The zero-order valence-corrected chi connectivity index (χ0v) is 20.2. The van der Waals surface area contributed by atoms with Crippen LogP contribution in [0.25, 0.3) is 0 Å². The van der Waals surface area contributed by atoms with Gasteiger partial charge in [0.05, 0.1) is 21.2 Å². The number of benzene rings is 3. The van der Waals surface area contributed by atoms with Crippen molar-refractivity contribution in [2.75, 3.05) is 11.9 Å². The Morgan fingerprint density at radius 1 is 1.09 bits per heavy atom. The van der Waals surface area contributed by atoms with Gasteiger partial charge < -0.3 is 10.1 Å². The van der Waals surface area contributed by atoms with Crippen LogP contribution < -0.4 is 15.5 Å². The number of amides is 2. The van der Waals surface area contributed by atoms with Crippen LogP contribution in [0.3, 0.4) is 0 Å². The fourth-order valence-electron chi connectivity index (χ4n) is 3.06. The molecule has 0 bridgehead atoms. The predicted molar refractivity (Wildman–Crippen MR) is 135 cm³/mol. The Bertz CT molecular complexity index is 1300. The van der Waals surface area contributed by atoms with E-state index in [4.69, 9.17) is 27.9 Å². The molecule has 2 amide bonds. The normalized spacial score (nSPS) is 10.7. The number of nitrogens with zero attached hydrogens (tertiary/aromatic N) is 2. The summed E-state index contributed by atoms with van der Waals surface area (Å²) in [6, 6.07) is 13.9. The first kappa shape index (κ1) is 25.7. The number of nitro benzene ring substituents is 1. The molecule has 0 radical (unpaired) electrons. The Morgan fingerprint density at radius 2 is 1.80 bits per heavy atom. The molecule has 3 aromatic rings. The first-order valence-electron chi connectivity index (χ1n) is 10.2. The van der Waals surface area contributed by atoms with Gasteiger partial charge in [-0.2, -0.15) is 5.10 Å². The Kier molecular flexibility index (Phi) is 8.40. The summed E-state index contributed by atoms with van der Waals surface area (Å²) in [6.45, 7) is 3.55. The maximum atomic E-state index is 12.3. The molecule has 35 heavy (non-hydrogen) atoms. The highest BCUT2D eigenvalue weighted by atomic mass is 35.5. The van der Waals surface area contributed by atoms with Crippen LogP contribution in [-0.2, 0) is 4.79 Å². The summed E-state index contributed by atoms with van der Waals surface area (Å²) >= 11 is 12.5. The second kappa shape index (κ2) is 11.5. The van der Waals surface area contributed by atoms with E-state index >= 15 is 0 Å². The summed E-state index contributed by atoms with van der Waals surface area (Å²) in [4.78, 5) is 34.7. The van der Waals surface area contributed by atoms with Crippen LogP contribution >= 0.6 is 23.2 Å². The number of hydrogen-bond donors (Lipinski definition) is 2. The number of rotatable bonds is 8. The maximum Gasteiger partial charge on any atom is 0.271 e. The minimum Gasteiger partial charge on any atom is -0.481 e. The molecule has 3 aromatic carbocycles. The zero-order chi connectivity index (χ0) is 25.5. The van der Waals surface area contributed by atoms with Crippen molar-refractivity contribution in [1.82, 2.24) is 5.43 Å². The van der Waals surface area contributed by atoms with Gasteiger partial charge in [-0.1, -0.05) is 47.0 Å². The smallest absolute Gasteiger partial charge is 0.271 e. The van der Waals surface area contributed by atoms with E-state index in [1.807, 2.05) is 32.0 Å². The van der Waals surface area contributed by atoms with Crippen molar-refractivity contribution in [3.63, 3.8) is 0 Å². The van der Waals surface area contributed by atoms with Crippen molar-refractivity contribution in [3.8, 4) is 5.75 Å². The van der Waals surface area contributed by atoms with Gasteiger partial charge in [-0.15, -0.1) is 0 Å². The number of hydrazone groups is 1. The molecular formula is C24H20Cl2N4O5. The molecule has 9 nitrogen and oxygen atoms in total. The third kappa shape index (κ3) is 7.02. The van der Waals surface area contributed by atoms with Crippen LogP contribution in [0.2, 0.25) is 10.0 Å². The number of ether oxygens (including phenoxy) is 1. The van der Waals surface area contributed by atoms with Gasteiger partial charge in [-0.25, -0.2) is 5.43 Å². The lowest BCUT2D eigenvalue weighted by Gasteiger charge is -2.12. The fraction of sp³-hybridized carbons (Fsp3) is 0.125. The largest absolute Gasteiger partial charge is 0.481 e. The predicted octanol–water partition coefficient (Wildman–Crippen LogP) is 5.30. The Labute approximate surface area is 210 Å². The second-order valence-corrected chi connectivity index (χ2v) is 8.29. The van der Waals surface area contributed by atoms with E-state index in [9.17, 15) is 19.7 Å². The topological polar surface area (TPSA) is 123 Å². The lowest BCUT2D eigenvalue weighted by Crippen LogP contribution is -2.21. The molecule has 0 saturated heterocycles. The third-order valence-corrected chi connectivity index (χ3v) is 5.28. The van der Waals surface area contributed by atoms with Crippen molar-refractivity contribution in [2.45, 2.75) is 13.8 Å². The summed E-state index contributed by atoms with van der Waals surface area (Å²) < 4.78 is 5.51. The zero-order valence-electron chi connectivity index (χ0n) is 18.7. The monoisotopic (exact) mass is 514 g/mol. The summed E-state index contributed by atoms with van der Waals surface area (Å²) in [5.74, 6) is -0.877. The van der Waals surface area contributed by atoms with Gasteiger partial charge in [0.15, 0.2) is 12.4 Å². The van der Waals surface area contributed by atoms with E-state index in [0.29, 0.717) is 11.3 Å². The van der Waals surface area contributed by atoms with E-state index in [1.165, 1.54) is 36.5 Å². The quantitative estimate of drug-likeness (QED) is 0.240. The van der Waals surface area contributed by atoms with E-state index in [1.54, 1.807) is 0 Å². The molecule has 2 N–H and O–H groups in total. The van der Waals surface area contributed by atoms with Gasteiger partial charge in [-0.3, -0.25) is 19.7 Å². The minimum absolute atomic E-state index is 0.0790. The molecule has 0 heterocycles. The molecule has 0 aromatic heterocycles. The van der Waals surface area contributed by atoms with Crippen LogP contribution in [0.15, 0.2) is 59.7 Å². The van der Waals surface area contributed by atoms with Gasteiger partial charge in [0.1, 0.15) is 0 Å². The van der Waals surface area contributed by atoms with Gasteiger partial charge in [0.25, 0.3) is 17.5 Å². The summed E-state index contributed by atoms with van der Waals surface area (Å²) in [6.07, 6.45) is 1.30. The fourth-order valence-corrected chi connectivity index (χ4v) is 3.67. The number of carbonyl (C=O) groups excluding carboxylic acids is 2. The van der Waals surface area contributed by atoms with E-state index in [0.717, 1.165) is 17.2 Å². The van der Waals surface area contributed by atoms with Crippen molar-refractivity contribution >= 4 is 52.6 Å². The minimum atomic E-state index is -0.628. The Hall–Kier alpha value is -3.95. The van der Waals surface area contributed by atoms with Crippen molar-refractivity contribution in [3.05, 3.63) is 97.0 Å². The number of hydrogen-bond acceptors (Lipinski definition) is 6. The van der Waals surface area contributed by atoms with E-state index in [2.05, 4.69) is 15.8 Å². The standard InChI is InChI=1S/C24H20Cl2N4O5/c1-14-6-7-21(15(2)8-14)28-22(31)13-35-23-19(25)9-16(10-20(23)26)12-27-29-24(32)17-4-3-5-18(11-17)30(33)34/h3-12H,13H2,1-2H3,(H,28,31)(H,29,32)/b27-12+. The summed E-state index contributed by atoms with van der Waals surface area (Å²) in [5, 5.41) is 17.7. The van der Waals surface area contributed by atoms with Crippen molar-refractivity contribution < 1.29 is 19.2 Å². The van der Waals surface area contributed by atoms with Crippen LogP contribution in [0, 0.1) is 24.0 Å². The molecule has 0 aliphatic carbocycles. The molecule has 11 heteroatoms. The number of non-ortho nitro benzene ring substituents is 1. The molecule has 0 fully saturated rings. The van der Waals surface area contributed by atoms with Crippen molar-refractivity contribution in [2.24, 2.45) is 5.10 Å². The highest BCUT2D eigenvalue weighted by Gasteiger charge is 2.13. The molecule has 180 valence electrons. The SMILES string of the molecule is Cc1ccc(NC(=O)COc2c(Cl)cc(/C=N/NC(=O)c3cccc([N+](=O)[O-])c3)cc2Cl)c(C)c1. The van der Waals surface area contributed by atoms with Crippen LogP contribution in [0.5, 0.6) is 5.75 Å². The average molecular weight is 515 g/mol. The van der Waals surface area contributed by atoms with Gasteiger partial charge in [-0.05, 0) is 49.2 Å². The number of aryl methyl sites for hydroxylation is 2. The van der Waals surface area contributed by atoms with E-state index in [-0.39, 0.29) is 39.6 Å². The number of nitro groups is 1. The molecule has 0 atom stereocenters. The van der Waals surface area contributed by atoms with Crippen LogP contribution in [-0.4, -0.2) is 29.6 Å². The van der Waals surface area contributed by atoms with Crippen LogP contribution in [0.4, 0.5) is 11.4 Å². The van der Waals surface area contributed by atoms with E-state index < -0.39 is 10.8 Å². The van der Waals surface area contributed by atoms with Gasteiger partial charge in [0.2, 0.25) is 0 Å². The number of nitrogens with one attached hydrogen (secondary N) is 2. The lowest BCUT2D eigenvalue weighted by atomic mass is 10.1. The van der Waals surface area contributed by atoms with Gasteiger partial charge in [0, 0.05) is 23.4 Å². The molecule has 0 aliphatic heterocycles. The van der Waals surface area contributed by atoms with Gasteiger partial charge >= 0.3 is 0 Å². The molecule has 3 rings (SSSR count). The summed E-state index contributed by atoms with van der Waals surface area (Å²) in [5.41, 5.74) is 5.29. The highest BCUT2D eigenvalue weighted by Crippen LogP contribution is 2.34. The molecule has 0 aliphatic rings. The Balaban J connectivity index is 1.60. The highest BCUT2D eigenvalue weighted by molar-refractivity contribution is 6.37. The lowest BCUT2D eigenvalue weighted by molar-refractivity contribution is -0.384. The Morgan fingerprint density at radius 3 is 2.46 bits per heavy atom. The molecule has 0 spiro atoms. The first-order chi connectivity index (χ1) is 16.6. The second-order valence-electron chi connectivity index (χ2n) is 7.48. The number of halogens is 2. The number of carbonyl (C=O) groups is 2. The third-order valence-electron chi connectivity index (χ3n) is 4.72. The maximum absolute atomic E-state index is 12.3. The molecule has 0 saturated carbocycles. The van der Waals surface area contributed by atoms with Crippen molar-refractivity contribution in [1.29, 1.82) is 0 Å². The molecular weight excluding hydrogens is 495 g/mol.